The third kappa shape index (κ3) is 3.75. The Bertz CT molecular complexity index is 1520. The van der Waals surface area contributed by atoms with E-state index in [0.29, 0.717) is 29.2 Å². The first kappa shape index (κ1) is 21.6. The standard InChI is InChI=1S/C25H25N7O2/c1-14-23(17(4)34-30-14)22-12-20(19-8-6-7-9-21(19)26-22)25(33)27-24-15(2)28-32(16(24)3)13-18-10-11-31(5)29-18/h6-12H,13H2,1-5H3,(H,27,33). The lowest BCUT2D eigenvalue weighted by Gasteiger charge is -2.11. The smallest absolute Gasteiger partial charge is 0.256 e. The number of hydrogen-bond donors (Lipinski definition) is 1. The number of aromatic nitrogens is 6. The largest absolute Gasteiger partial charge is 0.361 e. The molecule has 0 fully saturated rings. The molecule has 9 heteroatoms. The predicted octanol–water partition coefficient (Wildman–Crippen LogP) is 4.35. The van der Waals surface area contributed by atoms with E-state index >= 15 is 0 Å². The number of carbonyl (C=O) groups excluding carboxylic acids is 1. The molecule has 0 radical (unpaired) electrons. The van der Waals surface area contributed by atoms with E-state index in [1.807, 2.05) is 76.0 Å². The van der Waals surface area contributed by atoms with Crippen LogP contribution >= 0.6 is 0 Å². The van der Waals surface area contributed by atoms with Crippen LogP contribution < -0.4 is 5.32 Å². The van der Waals surface area contributed by atoms with Crippen LogP contribution in [0, 0.1) is 27.7 Å². The maximum absolute atomic E-state index is 13.6. The van der Waals surface area contributed by atoms with Crippen LogP contribution in [0.3, 0.4) is 0 Å². The topological polar surface area (TPSA) is 104 Å². The van der Waals surface area contributed by atoms with Crippen molar-refractivity contribution in [3.8, 4) is 11.3 Å². The SMILES string of the molecule is Cc1nn(Cc2ccn(C)n2)c(C)c1NC(=O)c1cc(-c2c(C)noc2C)nc2ccccc12. The molecule has 9 nitrogen and oxygen atoms in total. The van der Waals surface area contributed by atoms with Gasteiger partial charge in [-0.15, -0.1) is 0 Å². The first-order valence-electron chi connectivity index (χ1n) is 11.0. The van der Waals surface area contributed by atoms with Crippen molar-refractivity contribution in [2.75, 3.05) is 5.32 Å². The predicted molar refractivity (Wildman–Crippen MR) is 129 cm³/mol. The third-order valence-corrected chi connectivity index (χ3v) is 5.95. The summed E-state index contributed by atoms with van der Waals surface area (Å²) in [5.41, 5.74) is 6.63. The molecule has 0 bridgehead atoms. The number of carbonyl (C=O) groups is 1. The van der Waals surface area contributed by atoms with Crippen LogP contribution in [0.2, 0.25) is 0 Å². The number of benzene rings is 1. The highest BCUT2D eigenvalue weighted by molar-refractivity contribution is 6.13. The highest BCUT2D eigenvalue weighted by atomic mass is 16.5. The highest BCUT2D eigenvalue weighted by Gasteiger charge is 2.21. The summed E-state index contributed by atoms with van der Waals surface area (Å²) < 4.78 is 8.95. The number of nitrogens with zero attached hydrogens (tertiary/aromatic N) is 6. The fraction of sp³-hybridized carbons (Fsp3) is 0.240. The number of fused-ring (bicyclic) bond motifs is 1. The zero-order chi connectivity index (χ0) is 24.0. The molecule has 0 aliphatic rings. The van der Waals surface area contributed by atoms with E-state index in [0.717, 1.165) is 39.2 Å². The molecule has 5 aromatic rings. The Morgan fingerprint density at radius 2 is 1.85 bits per heavy atom. The van der Waals surface area contributed by atoms with Gasteiger partial charge >= 0.3 is 0 Å². The van der Waals surface area contributed by atoms with Crippen LogP contribution in [0.1, 0.15) is 38.9 Å². The Labute approximate surface area is 196 Å². The maximum Gasteiger partial charge on any atom is 0.256 e. The molecule has 172 valence electrons. The Morgan fingerprint density at radius 3 is 2.56 bits per heavy atom. The fourth-order valence-electron chi connectivity index (χ4n) is 4.25. The number of rotatable bonds is 5. The molecule has 0 saturated heterocycles. The molecule has 5 rings (SSSR count). The number of aryl methyl sites for hydroxylation is 4. The van der Waals surface area contributed by atoms with E-state index in [-0.39, 0.29) is 5.91 Å². The van der Waals surface area contributed by atoms with Crippen LogP contribution in [0.15, 0.2) is 47.1 Å². The monoisotopic (exact) mass is 455 g/mol. The first-order valence-corrected chi connectivity index (χ1v) is 11.0. The van der Waals surface area contributed by atoms with Gasteiger partial charge in [-0.3, -0.25) is 14.2 Å². The second-order valence-corrected chi connectivity index (χ2v) is 8.41. The minimum absolute atomic E-state index is 0.227. The van der Waals surface area contributed by atoms with Gasteiger partial charge in [0.1, 0.15) is 5.76 Å². The van der Waals surface area contributed by atoms with Crippen molar-refractivity contribution in [1.29, 1.82) is 0 Å². The zero-order valence-corrected chi connectivity index (χ0v) is 19.7. The molecule has 4 heterocycles. The summed E-state index contributed by atoms with van der Waals surface area (Å²) in [6.07, 6.45) is 1.90. The molecule has 0 spiro atoms. The van der Waals surface area contributed by atoms with Gasteiger partial charge in [-0.25, -0.2) is 4.98 Å². The van der Waals surface area contributed by atoms with E-state index in [4.69, 9.17) is 9.51 Å². The Morgan fingerprint density at radius 1 is 1.06 bits per heavy atom. The Hall–Kier alpha value is -4.27. The lowest BCUT2D eigenvalue weighted by Crippen LogP contribution is -2.14. The maximum atomic E-state index is 13.6. The average molecular weight is 456 g/mol. The highest BCUT2D eigenvalue weighted by Crippen LogP contribution is 2.30. The van der Waals surface area contributed by atoms with E-state index in [9.17, 15) is 4.79 Å². The third-order valence-electron chi connectivity index (χ3n) is 5.95. The first-order chi connectivity index (χ1) is 16.3. The Kier molecular flexibility index (Phi) is 5.24. The molecule has 34 heavy (non-hydrogen) atoms. The van der Waals surface area contributed by atoms with Gasteiger partial charge in [0.05, 0.1) is 57.3 Å². The molecule has 4 aromatic heterocycles. The van der Waals surface area contributed by atoms with Crippen LogP contribution in [-0.4, -0.2) is 35.6 Å². The molecule has 0 atom stereocenters. The lowest BCUT2D eigenvalue weighted by atomic mass is 10.0. The van der Waals surface area contributed by atoms with Gasteiger partial charge < -0.3 is 9.84 Å². The van der Waals surface area contributed by atoms with Gasteiger partial charge in [0, 0.05) is 18.6 Å². The zero-order valence-electron chi connectivity index (χ0n) is 19.7. The fourth-order valence-corrected chi connectivity index (χ4v) is 4.25. The van der Waals surface area contributed by atoms with E-state index in [1.54, 1.807) is 10.7 Å². The summed E-state index contributed by atoms with van der Waals surface area (Å²) >= 11 is 0. The quantitative estimate of drug-likeness (QED) is 0.422. The normalized spacial score (nSPS) is 11.3. The minimum atomic E-state index is -0.227. The van der Waals surface area contributed by atoms with Crippen molar-refractivity contribution in [2.45, 2.75) is 34.2 Å². The molecule has 0 unspecified atom stereocenters. The van der Waals surface area contributed by atoms with Gasteiger partial charge in [0.2, 0.25) is 0 Å². The van der Waals surface area contributed by atoms with Gasteiger partial charge in [0.25, 0.3) is 5.91 Å². The van der Waals surface area contributed by atoms with Crippen LogP contribution in [0.4, 0.5) is 5.69 Å². The number of hydrogen-bond acceptors (Lipinski definition) is 6. The minimum Gasteiger partial charge on any atom is -0.361 e. The van der Waals surface area contributed by atoms with Gasteiger partial charge in [-0.2, -0.15) is 10.2 Å². The lowest BCUT2D eigenvalue weighted by molar-refractivity contribution is 0.102. The van der Waals surface area contributed by atoms with Crippen molar-refractivity contribution < 1.29 is 9.32 Å². The average Bonchev–Trinajstić information content (AvgIpc) is 3.46. The molecule has 1 N–H and O–H groups in total. The number of pyridine rings is 1. The van der Waals surface area contributed by atoms with Gasteiger partial charge in [-0.1, -0.05) is 23.4 Å². The van der Waals surface area contributed by atoms with Gasteiger partial charge in [-0.05, 0) is 45.9 Å². The summed E-state index contributed by atoms with van der Waals surface area (Å²) in [5.74, 6) is 0.435. The van der Waals surface area contributed by atoms with Crippen molar-refractivity contribution in [3.05, 3.63) is 76.7 Å². The van der Waals surface area contributed by atoms with Crippen molar-refractivity contribution in [1.82, 2.24) is 29.7 Å². The van der Waals surface area contributed by atoms with Gasteiger partial charge in [0.15, 0.2) is 0 Å². The summed E-state index contributed by atoms with van der Waals surface area (Å²) in [6.45, 7) is 8.06. The molecule has 1 aromatic carbocycles. The van der Waals surface area contributed by atoms with Crippen molar-refractivity contribution >= 4 is 22.5 Å². The Balaban J connectivity index is 1.53. The summed E-state index contributed by atoms with van der Waals surface area (Å²) in [5, 5.41) is 16.9. The van der Waals surface area contributed by atoms with Crippen LogP contribution in [-0.2, 0) is 13.6 Å². The second-order valence-electron chi connectivity index (χ2n) is 8.41. The summed E-state index contributed by atoms with van der Waals surface area (Å²) in [6, 6.07) is 11.4. The molecule has 0 aliphatic carbocycles. The molecular weight excluding hydrogens is 430 g/mol. The summed E-state index contributed by atoms with van der Waals surface area (Å²) in [4.78, 5) is 18.3. The number of anilines is 1. The van der Waals surface area contributed by atoms with E-state index < -0.39 is 0 Å². The number of nitrogens with one attached hydrogen (secondary N) is 1. The molecule has 0 aliphatic heterocycles. The molecule has 0 saturated carbocycles. The summed E-state index contributed by atoms with van der Waals surface area (Å²) in [7, 11) is 1.88. The van der Waals surface area contributed by atoms with E-state index in [1.165, 1.54) is 0 Å². The van der Waals surface area contributed by atoms with Crippen molar-refractivity contribution in [3.63, 3.8) is 0 Å². The molecule has 1 amide bonds. The van der Waals surface area contributed by atoms with Crippen LogP contribution in [0.25, 0.3) is 22.2 Å². The second kappa shape index (κ2) is 8.26. The van der Waals surface area contributed by atoms with Crippen molar-refractivity contribution in [2.24, 2.45) is 7.05 Å². The number of para-hydroxylation sites is 1. The number of amides is 1. The molecular formula is C25H25N7O2. The van der Waals surface area contributed by atoms with Crippen LogP contribution in [0.5, 0.6) is 0 Å². The van der Waals surface area contributed by atoms with E-state index in [2.05, 4.69) is 20.7 Å².